The first-order valence-corrected chi connectivity index (χ1v) is 7.29. The van der Waals surface area contributed by atoms with E-state index in [9.17, 15) is 0 Å². The molecule has 0 radical (unpaired) electrons. The maximum absolute atomic E-state index is 5.35. The van der Waals surface area contributed by atoms with Crippen LogP contribution in [0.15, 0.2) is 30.6 Å². The predicted octanol–water partition coefficient (Wildman–Crippen LogP) is 2.49. The van der Waals surface area contributed by atoms with Gasteiger partial charge in [-0.2, -0.15) is 0 Å². The molecule has 0 atom stereocenters. The van der Waals surface area contributed by atoms with Gasteiger partial charge in [-0.3, -0.25) is 0 Å². The molecular weight excluding hydrogens is 266 g/mol. The molecule has 2 aromatic rings. The van der Waals surface area contributed by atoms with E-state index >= 15 is 0 Å². The number of ether oxygens (including phenoxy) is 2. The summed E-state index contributed by atoms with van der Waals surface area (Å²) >= 11 is 0. The first-order valence-electron chi connectivity index (χ1n) is 7.29. The van der Waals surface area contributed by atoms with E-state index in [1.165, 1.54) is 0 Å². The lowest BCUT2D eigenvalue weighted by Gasteiger charge is -2.25. The zero-order valence-electron chi connectivity index (χ0n) is 12.5. The second-order valence-corrected chi connectivity index (χ2v) is 5.24. The Balaban J connectivity index is 1.98. The summed E-state index contributed by atoms with van der Waals surface area (Å²) < 4.78 is 13.0. The molecule has 2 heterocycles. The molecule has 0 amide bonds. The third-order valence-electron chi connectivity index (χ3n) is 3.98. The molecule has 0 unspecified atom stereocenters. The van der Waals surface area contributed by atoms with Gasteiger partial charge in [-0.25, -0.2) is 4.98 Å². The van der Waals surface area contributed by atoms with E-state index in [2.05, 4.69) is 21.1 Å². The van der Waals surface area contributed by atoms with Gasteiger partial charge >= 0.3 is 0 Å². The highest BCUT2D eigenvalue weighted by atomic mass is 16.5. The van der Waals surface area contributed by atoms with Crippen LogP contribution >= 0.6 is 0 Å². The van der Waals surface area contributed by atoms with E-state index in [0.717, 1.165) is 48.8 Å². The second-order valence-electron chi connectivity index (χ2n) is 5.24. The Morgan fingerprint density at radius 2 is 1.76 bits per heavy atom. The van der Waals surface area contributed by atoms with Gasteiger partial charge in [-0.1, -0.05) is 0 Å². The lowest BCUT2D eigenvalue weighted by molar-refractivity contribution is 0.370. The number of imidazole rings is 1. The zero-order valence-corrected chi connectivity index (χ0v) is 12.5. The molecule has 1 N–H and O–H groups in total. The van der Waals surface area contributed by atoms with Crippen LogP contribution in [0.2, 0.25) is 0 Å². The summed E-state index contributed by atoms with van der Waals surface area (Å²) in [6.45, 7) is 2.12. The van der Waals surface area contributed by atoms with Crippen molar-refractivity contribution in [3.05, 3.63) is 30.6 Å². The van der Waals surface area contributed by atoms with Crippen LogP contribution < -0.4 is 14.8 Å². The molecule has 112 valence electrons. The van der Waals surface area contributed by atoms with Crippen molar-refractivity contribution in [1.29, 1.82) is 0 Å². The maximum Gasteiger partial charge on any atom is 0.140 e. The number of methoxy groups -OCH3 is 2. The Bertz CT molecular complexity index is 581. The quantitative estimate of drug-likeness (QED) is 0.938. The van der Waals surface area contributed by atoms with Crippen molar-refractivity contribution in [2.24, 2.45) is 0 Å². The minimum atomic E-state index is 0.501. The Labute approximate surface area is 124 Å². The third kappa shape index (κ3) is 2.88. The van der Waals surface area contributed by atoms with E-state index in [0.29, 0.717) is 6.04 Å². The topological polar surface area (TPSA) is 48.3 Å². The Hall–Kier alpha value is -2.01. The van der Waals surface area contributed by atoms with Crippen LogP contribution in [0.1, 0.15) is 18.9 Å². The van der Waals surface area contributed by atoms with Gasteiger partial charge < -0.3 is 19.4 Å². The molecule has 1 fully saturated rings. The average Bonchev–Trinajstić information content (AvgIpc) is 3.04. The molecular formula is C16H21N3O2. The van der Waals surface area contributed by atoms with Crippen molar-refractivity contribution in [3.63, 3.8) is 0 Å². The first-order chi connectivity index (χ1) is 10.3. The summed E-state index contributed by atoms with van der Waals surface area (Å²) in [5.41, 5.74) is 1.02. The first kappa shape index (κ1) is 13.9. The van der Waals surface area contributed by atoms with E-state index in [4.69, 9.17) is 9.47 Å². The molecule has 0 spiro atoms. The van der Waals surface area contributed by atoms with E-state index in [1.807, 2.05) is 24.4 Å². The normalized spacial score (nSPS) is 15.9. The molecule has 1 aliphatic rings. The van der Waals surface area contributed by atoms with Crippen molar-refractivity contribution >= 4 is 0 Å². The highest BCUT2D eigenvalue weighted by Crippen LogP contribution is 2.31. The molecule has 0 saturated carbocycles. The van der Waals surface area contributed by atoms with Gasteiger partial charge in [0.05, 0.1) is 14.2 Å². The van der Waals surface area contributed by atoms with Gasteiger partial charge in [0, 0.05) is 30.1 Å². The average molecular weight is 287 g/mol. The van der Waals surface area contributed by atoms with Crippen molar-refractivity contribution in [2.45, 2.75) is 18.9 Å². The molecule has 1 saturated heterocycles. The van der Waals surface area contributed by atoms with Crippen LogP contribution in [0.5, 0.6) is 11.5 Å². The van der Waals surface area contributed by atoms with Crippen LogP contribution in [0.25, 0.3) is 11.4 Å². The van der Waals surface area contributed by atoms with Crippen LogP contribution in [0, 0.1) is 0 Å². The number of rotatable bonds is 4. The summed E-state index contributed by atoms with van der Waals surface area (Å²) in [7, 11) is 3.33. The predicted molar refractivity (Wildman–Crippen MR) is 81.9 cm³/mol. The van der Waals surface area contributed by atoms with E-state index in [1.54, 1.807) is 14.2 Å². The zero-order chi connectivity index (χ0) is 14.7. The summed E-state index contributed by atoms with van der Waals surface area (Å²) in [4.78, 5) is 4.54. The number of aromatic nitrogens is 2. The standard InChI is InChI=1S/C16H21N3O2/c1-20-14-9-12(10-15(11-14)21-2)16-18-7-8-19(16)13-3-5-17-6-4-13/h7-11,13,17H,3-6H2,1-2H3. The van der Waals surface area contributed by atoms with Crippen LogP contribution in [-0.2, 0) is 0 Å². The summed E-state index contributed by atoms with van der Waals surface area (Å²) in [5, 5.41) is 3.40. The number of nitrogens with one attached hydrogen (secondary N) is 1. The van der Waals surface area contributed by atoms with Crippen molar-refractivity contribution in [2.75, 3.05) is 27.3 Å². The fourth-order valence-corrected chi connectivity index (χ4v) is 2.85. The van der Waals surface area contributed by atoms with Crippen molar-refractivity contribution < 1.29 is 9.47 Å². The maximum atomic E-state index is 5.35. The van der Waals surface area contributed by atoms with Crippen LogP contribution in [0.3, 0.4) is 0 Å². The fraction of sp³-hybridized carbons (Fsp3) is 0.438. The van der Waals surface area contributed by atoms with Gasteiger partial charge in [0.1, 0.15) is 17.3 Å². The monoisotopic (exact) mass is 287 g/mol. The molecule has 1 aromatic carbocycles. The van der Waals surface area contributed by atoms with Gasteiger partial charge in [-0.15, -0.1) is 0 Å². The number of hydrogen-bond donors (Lipinski definition) is 1. The van der Waals surface area contributed by atoms with Gasteiger partial charge in [0.2, 0.25) is 0 Å². The van der Waals surface area contributed by atoms with Crippen molar-refractivity contribution in [1.82, 2.24) is 14.9 Å². The highest BCUT2D eigenvalue weighted by Gasteiger charge is 2.19. The van der Waals surface area contributed by atoms with Gasteiger partial charge in [0.15, 0.2) is 0 Å². The number of piperidine rings is 1. The smallest absolute Gasteiger partial charge is 0.140 e. The molecule has 21 heavy (non-hydrogen) atoms. The SMILES string of the molecule is COc1cc(OC)cc(-c2nccn2C2CCNCC2)c1. The summed E-state index contributed by atoms with van der Waals surface area (Å²) in [5.74, 6) is 2.53. The highest BCUT2D eigenvalue weighted by molar-refractivity contribution is 5.61. The molecule has 1 aromatic heterocycles. The van der Waals surface area contributed by atoms with Gasteiger partial charge in [0.25, 0.3) is 0 Å². The molecule has 0 bridgehead atoms. The fourth-order valence-electron chi connectivity index (χ4n) is 2.85. The summed E-state index contributed by atoms with van der Waals surface area (Å²) in [6.07, 6.45) is 6.19. The van der Waals surface area contributed by atoms with Gasteiger partial charge in [-0.05, 0) is 38.1 Å². The molecule has 3 rings (SSSR count). The summed E-state index contributed by atoms with van der Waals surface area (Å²) in [6, 6.07) is 6.38. The number of nitrogens with zero attached hydrogens (tertiary/aromatic N) is 2. The van der Waals surface area contributed by atoms with Crippen LogP contribution in [-0.4, -0.2) is 36.9 Å². The third-order valence-corrected chi connectivity index (χ3v) is 3.98. The lowest BCUT2D eigenvalue weighted by atomic mass is 10.1. The largest absolute Gasteiger partial charge is 0.497 e. The second kappa shape index (κ2) is 6.18. The minimum absolute atomic E-state index is 0.501. The molecule has 5 nitrogen and oxygen atoms in total. The Kier molecular flexibility index (Phi) is 4.10. The van der Waals surface area contributed by atoms with Crippen LogP contribution in [0.4, 0.5) is 0 Å². The molecule has 1 aliphatic heterocycles. The minimum Gasteiger partial charge on any atom is -0.497 e. The van der Waals surface area contributed by atoms with E-state index < -0.39 is 0 Å². The molecule has 0 aliphatic carbocycles. The number of hydrogen-bond acceptors (Lipinski definition) is 4. The lowest BCUT2D eigenvalue weighted by Crippen LogP contribution is -2.29. The van der Waals surface area contributed by atoms with E-state index in [-0.39, 0.29) is 0 Å². The molecule has 5 heteroatoms. The van der Waals surface area contributed by atoms with Crippen molar-refractivity contribution in [3.8, 4) is 22.9 Å². The number of benzene rings is 1. The Morgan fingerprint density at radius 3 is 2.38 bits per heavy atom. The Morgan fingerprint density at radius 1 is 1.10 bits per heavy atom.